The number of nitrogens with zero attached hydrogens (tertiary/aromatic N) is 2. The molecule has 0 aliphatic heterocycles. The van der Waals surface area contributed by atoms with Gasteiger partial charge in [0.15, 0.2) is 0 Å². The summed E-state index contributed by atoms with van der Waals surface area (Å²) in [5.41, 5.74) is 8.27. The number of aromatic nitrogens is 4. The van der Waals surface area contributed by atoms with E-state index in [-0.39, 0.29) is 11.9 Å². The van der Waals surface area contributed by atoms with Crippen LogP contribution in [0.25, 0.3) is 56.0 Å². The Morgan fingerprint density at radius 2 is 0.921 bits per heavy atom. The maximum Gasteiger partial charge on any atom is 0.337 e. The number of nitrogens with one attached hydrogen (secondary N) is 2. The van der Waals surface area contributed by atoms with E-state index in [0.29, 0.717) is 11.1 Å². The number of carbonyl (C=O) groups excluding carboxylic acids is 2. The van der Waals surface area contributed by atoms with E-state index in [1.54, 1.807) is 24.3 Å². The van der Waals surface area contributed by atoms with Crippen molar-refractivity contribution in [1.29, 1.82) is 0 Å². The summed E-state index contributed by atoms with van der Waals surface area (Å²) in [5, 5.41) is 0. The number of imidazole rings is 2. The molecule has 0 saturated heterocycles. The van der Waals surface area contributed by atoms with Crippen LogP contribution in [0.3, 0.4) is 0 Å². The molecule has 0 unspecified atom stereocenters. The van der Waals surface area contributed by atoms with Crippen molar-refractivity contribution in [2.24, 2.45) is 0 Å². The maximum absolute atomic E-state index is 11.7. The molecule has 0 spiro atoms. The zero-order valence-corrected chi connectivity index (χ0v) is 20.6. The third-order valence-electron chi connectivity index (χ3n) is 6.46. The van der Waals surface area contributed by atoms with Crippen LogP contribution in [0.1, 0.15) is 20.7 Å². The summed E-state index contributed by atoms with van der Waals surface area (Å²) < 4.78 is 9.53. The molecule has 0 saturated carbocycles. The molecule has 38 heavy (non-hydrogen) atoms. The van der Waals surface area contributed by atoms with Gasteiger partial charge in [-0.25, -0.2) is 19.6 Å². The van der Waals surface area contributed by atoms with Crippen molar-refractivity contribution in [2.75, 3.05) is 14.2 Å². The van der Waals surface area contributed by atoms with Gasteiger partial charge in [0.05, 0.1) is 47.4 Å². The van der Waals surface area contributed by atoms with Crippen molar-refractivity contribution >= 4 is 34.0 Å². The molecule has 0 aliphatic rings. The Kier molecular flexibility index (Phi) is 5.69. The normalized spacial score (nSPS) is 11.1. The highest BCUT2D eigenvalue weighted by Crippen LogP contribution is 2.29. The van der Waals surface area contributed by atoms with Crippen molar-refractivity contribution < 1.29 is 19.1 Å². The summed E-state index contributed by atoms with van der Waals surface area (Å²) in [7, 11) is 2.73. The first kappa shape index (κ1) is 23.2. The summed E-state index contributed by atoms with van der Waals surface area (Å²) >= 11 is 0. The van der Waals surface area contributed by atoms with Crippen LogP contribution in [-0.4, -0.2) is 46.1 Å². The number of ether oxygens (including phenoxy) is 2. The lowest BCUT2D eigenvalue weighted by atomic mass is 10.0. The molecule has 6 aromatic rings. The van der Waals surface area contributed by atoms with Gasteiger partial charge in [-0.1, -0.05) is 36.4 Å². The average Bonchev–Trinajstić information content (AvgIpc) is 3.60. The number of hydrogen-bond acceptors (Lipinski definition) is 6. The fourth-order valence-electron chi connectivity index (χ4n) is 4.41. The molecule has 8 nitrogen and oxygen atoms in total. The Labute approximate surface area is 217 Å². The first-order valence-electron chi connectivity index (χ1n) is 11.9. The Morgan fingerprint density at radius 1 is 0.553 bits per heavy atom. The molecule has 2 N–H and O–H groups in total. The number of fused-ring (bicyclic) bond motifs is 2. The largest absolute Gasteiger partial charge is 0.465 e. The van der Waals surface area contributed by atoms with Gasteiger partial charge in [0.2, 0.25) is 0 Å². The Morgan fingerprint density at radius 3 is 1.29 bits per heavy atom. The highest BCUT2D eigenvalue weighted by molar-refractivity contribution is 5.92. The molecule has 6 rings (SSSR count). The average molecular weight is 503 g/mol. The van der Waals surface area contributed by atoms with E-state index in [9.17, 15) is 9.59 Å². The fourth-order valence-corrected chi connectivity index (χ4v) is 4.41. The predicted octanol–water partition coefficient (Wildman–Crippen LogP) is 6.01. The molecule has 0 bridgehead atoms. The SMILES string of the molecule is COC(=O)c1ccc(-c2nc3cc(-c4ccc5[nH]c(-c6ccc(C(=O)OC)cc6)nc5c4)ccc3[nH]2)cc1. The first-order valence-corrected chi connectivity index (χ1v) is 11.9. The van der Waals surface area contributed by atoms with Crippen LogP contribution >= 0.6 is 0 Å². The minimum atomic E-state index is -0.372. The van der Waals surface area contributed by atoms with E-state index in [0.717, 1.165) is 56.0 Å². The minimum absolute atomic E-state index is 0.372. The summed E-state index contributed by atoms with van der Waals surface area (Å²) in [6, 6.07) is 26.5. The lowest BCUT2D eigenvalue weighted by Gasteiger charge is -2.01. The summed E-state index contributed by atoms with van der Waals surface area (Å²) in [6.07, 6.45) is 0. The number of H-pyrrole nitrogens is 2. The van der Waals surface area contributed by atoms with Crippen LogP contribution in [-0.2, 0) is 9.47 Å². The van der Waals surface area contributed by atoms with Gasteiger partial charge in [-0.2, -0.15) is 0 Å². The smallest absolute Gasteiger partial charge is 0.337 e. The Hall–Kier alpha value is -5.24. The van der Waals surface area contributed by atoms with Crippen LogP contribution in [0.15, 0.2) is 84.9 Å². The van der Waals surface area contributed by atoms with Crippen LogP contribution in [0.5, 0.6) is 0 Å². The van der Waals surface area contributed by atoms with Crippen LogP contribution in [0.2, 0.25) is 0 Å². The third kappa shape index (κ3) is 4.18. The Bertz CT molecular complexity index is 1680. The van der Waals surface area contributed by atoms with E-state index in [1.807, 2.05) is 60.7 Å². The van der Waals surface area contributed by atoms with Gasteiger partial charge < -0.3 is 19.4 Å². The van der Waals surface area contributed by atoms with E-state index in [2.05, 4.69) is 9.97 Å². The number of aromatic amines is 2. The number of methoxy groups -OCH3 is 2. The molecule has 0 aliphatic carbocycles. The van der Waals surface area contributed by atoms with Crippen LogP contribution < -0.4 is 0 Å². The maximum atomic E-state index is 11.7. The number of rotatable bonds is 5. The van der Waals surface area contributed by atoms with Crippen molar-refractivity contribution in [3.8, 4) is 33.9 Å². The second-order valence-corrected chi connectivity index (χ2v) is 8.77. The molecular weight excluding hydrogens is 480 g/mol. The molecule has 8 heteroatoms. The lowest BCUT2D eigenvalue weighted by molar-refractivity contribution is 0.0592. The lowest BCUT2D eigenvalue weighted by Crippen LogP contribution is -2.00. The van der Waals surface area contributed by atoms with E-state index in [1.165, 1.54) is 14.2 Å². The van der Waals surface area contributed by atoms with Crippen molar-refractivity contribution in [3.63, 3.8) is 0 Å². The van der Waals surface area contributed by atoms with Gasteiger partial charge in [-0.05, 0) is 59.7 Å². The second kappa shape index (κ2) is 9.33. The highest BCUT2D eigenvalue weighted by atomic mass is 16.5. The minimum Gasteiger partial charge on any atom is -0.465 e. The van der Waals surface area contributed by atoms with E-state index in [4.69, 9.17) is 19.4 Å². The zero-order valence-electron chi connectivity index (χ0n) is 20.6. The highest BCUT2D eigenvalue weighted by Gasteiger charge is 2.12. The topological polar surface area (TPSA) is 110 Å². The number of hydrogen-bond donors (Lipinski definition) is 2. The van der Waals surface area contributed by atoms with Gasteiger partial charge in [-0.3, -0.25) is 0 Å². The summed E-state index contributed by atoms with van der Waals surface area (Å²) in [6.45, 7) is 0. The molecular formula is C30H22N4O4. The number of carbonyl (C=O) groups is 2. The fraction of sp³-hybridized carbons (Fsp3) is 0.0667. The van der Waals surface area contributed by atoms with Crippen molar-refractivity contribution in [2.45, 2.75) is 0 Å². The number of benzene rings is 4. The van der Waals surface area contributed by atoms with Gasteiger partial charge in [0, 0.05) is 11.1 Å². The molecule has 0 fully saturated rings. The van der Waals surface area contributed by atoms with E-state index < -0.39 is 0 Å². The van der Waals surface area contributed by atoms with Gasteiger partial charge in [0.1, 0.15) is 11.6 Å². The van der Waals surface area contributed by atoms with Gasteiger partial charge >= 0.3 is 11.9 Å². The van der Waals surface area contributed by atoms with Crippen molar-refractivity contribution in [1.82, 2.24) is 19.9 Å². The summed E-state index contributed by atoms with van der Waals surface area (Å²) in [5.74, 6) is 0.699. The number of esters is 2. The molecule has 0 radical (unpaired) electrons. The molecule has 2 aromatic heterocycles. The van der Waals surface area contributed by atoms with Gasteiger partial charge in [-0.15, -0.1) is 0 Å². The predicted molar refractivity (Wildman–Crippen MR) is 145 cm³/mol. The van der Waals surface area contributed by atoms with Crippen molar-refractivity contribution in [3.05, 3.63) is 96.1 Å². The molecule has 0 amide bonds. The molecule has 4 aromatic carbocycles. The van der Waals surface area contributed by atoms with Crippen LogP contribution in [0, 0.1) is 0 Å². The second-order valence-electron chi connectivity index (χ2n) is 8.77. The molecule has 0 atom stereocenters. The Balaban J connectivity index is 1.29. The zero-order chi connectivity index (χ0) is 26.2. The monoisotopic (exact) mass is 502 g/mol. The first-order chi connectivity index (χ1) is 18.5. The van der Waals surface area contributed by atoms with E-state index >= 15 is 0 Å². The van der Waals surface area contributed by atoms with Gasteiger partial charge in [0.25, 0.3) is 0 Å². The van der Waals surface area contributed by atoms with Crippen LogP contribution in [0.4, 0.5) is 0 Å². The quantitative estimate of drug-likeness (QED) is 0.279. The standard InChI is InChI=1S/C30H22N4O4/c1-37-29(35)19-7-3-17(4-8-19)27-31-23-13-11-21(15-25(23)33-27)22-12-14-24-26(16-22)34-28(32-24)18-5-9-20(10-6-18)30(36)38-2/h3-16H,1-2H3,(H,31,33)(H,32,34). The third-order valence-corrected chi connectivity index (χ3v) is 6.46. The summed E-state index contributed by atoms with van der Waals surface area (Å²) in [4.78, 5) is 39.6. The molecule has 186 valence electrons. The molecule has 2 heterocycles.